The van der Waals surface area contributed by atoms with Crippen LogP contribution in [0.15, 0.2) is 29.6 Å². The number of likely N-dealkylation sites (tertiary alicyclic amines) is 1. The van der Waals surface area contributed by atoms with Crippen molar-refractivity contribution < 1.29 is 9.59 Å². The van der Waals surface area contributed by atoms with E-state index in [9.17, 15) is 9.59 Å². The second kappa shape index (κ2) is 6.91. The molecule has 0 atom stereocenters. The Bertz CT molecular complexity index is 703. The van der Waals surface area contributed by atoms with Crippen molar-refractivity contribution in [3.8, 4) is 10.6 Å². The molecule has 1 N–H and O–H groups in total. The molecule has 0 bridgehead atoms. The quantitative estimate of drug-likeness (QED) is 0.938. The molecule has 0 radical (unpaired) electrons. The first-order chi connectivity index (χ1) is 11.1. The zero-order valence-electron chi connectivity index (χ0n) is 13.0. The molecule has 5 nitrogen and oxygen atoms in total. The third kappa shape index (κ3) is 3.96. The second-order valence-electron chi connectivity index (χ2n) is 5.67. The SMILES string of the molecule is CC(=O)Nc1ccc(-c2nc(CC(=O)N3CCCC3)cs2)cc1. The van der Waals surface area contributed by atoms with Crippen LogP contribution < -0.4 is 5.32 Å². The number of nitrogens with one attached hydrogen (secondary N) is 1. The van der Waals surface area contributed by atoms with Crippen LogP contribution in [0.3, 0.4) is 0 Å². The molecule has 0 spiro atoms. The summed E-state index contributed by atoms with van der Waals surface area (Å²) in [5.74, 6) is 0.0788. The number of hydrogen-bond donors (Lipinski definition) is 1. The van der Waals surface area contributed by atoms with E-state index in [0.29, 0.717) is 6.42 Å². The largest absolute Gasteiger partial charge is 0.342 e. The summed E-state index contributed by atoms with van der Waals surface area (Å²) in [6.07, 6.45) is 2.59. The molecular weight excluding hydrogens is 310 g/mol. The molecule has 0 unspecified atom stereocenters. The van der Waals surface area contributed by atoms with Gasteiger partial charge in [-0.25, -0.2) is 4.98 Å². The summed E-state index contributed by atoms with van der Waals surface area (Å²) in [4.78, 5) is 29.7. The summed E-state index contributed by atoms with van der Waals surface area (Å²) < 4.78 is 0. The van der Waals surface area contributed by atoms with Crippen LogP contribution in [-0.4, -0.2) is 34.8 Å². The van der Waals surface area contributed by atoms with Crippen molar-refractivity contribution in [2.24, 2.45) is 0 Å². The minimum atomic E-state index is -0.0882. The highest BCUT2D eigenvalue weighted by atomic mass is 32.1. The molecule has 23 heavy (non-hydrogen) atoms. The fraction of sp³-hybridized carbons (Fsp3) is 0.353. The summed E-state index contributed by atoms with van der Waals surface area (Å²) >= 11 is 1.54. The van der Waals surface area contributed by atoms with Gasteiger partial charge in [-0.1, -0.05) is 0 Å². The highest BCUT2D eigenvalue weighted by molar-refractivity contribution is 7.13. The number of carbonyl (C=O) groups excluding carboxylic acids is 2. The Morgan fingerprint density at radius 2 is 1.91 bits per heavy atom. The average molecular weight is 329 g/mol. The number of aromatic nitrogens is 1. The summed E-state index contributed by atoms with van der Waals surface area (Å²) in [5, 5.41) is 5.58. The van der Waals surface area contributed by atoms with E-state index < -0.39 is 0 Å². The van der Waals surface area contributed by atoms with E-state index in [0.717, 1.165) is 47.9 Å². The number of amides is 2. The van der Waals surface area contributed by atoms with E-state index in [1.165, 1.54) is 18.3 Å². The Kier molecular flexibility index (Phi) is 4.71. The Hall–Kier alpha value is -2.21. The molecule has 6 heteroatoms. The van der Waals surface area contributed by atoms with Crippen molar-refractivity contribution in [1.29, 1.82) is 0 Å². The molecule has 2 amide bonds. The van der Waals surface area contributed by atoms with Crippen molar-refractivity contribution >= 4 is 28.8 Å². The Labute approximate surface area is 139 Å². The number of carbonyl (C=O) groups is 2. The maximum atomic E-state index is 12.2. The zero-order valence-corrected chi connectivity index (χ0v) is 13.9. The van der Waals surface area contributed by atoms with Gasteiger partial charge in [-0.15, -0.1) is 11.3 Å². The zero-order chi connectivity index (χ0) is 16.2. The summed E-state index contributed by atoms with van der Waals surface area (Å²) in [6, 6.07) is 7.56. The Morgan fingerprint density at radius 3 is 2.57 bits per heavy atom. The van der Waals surface area contributed by atoms with Crippen molar-refractivity contribution in [1.82, 2.24) is 9.88 Å². The number of hydrogen-bond acceptors (Lipinski definition) is 4. The van der Waals surface area contributed by atoms with Gasteiger partial charge in [0.2, 0.25) is 11.8 Å². The number of nitrogens with zero attached hydrogens (tertiary/aromatic N) is 2. The van der Waals surface area contributed by atoms with Gasteiger partial charge in [-0.05, 0) is 37.1 Å². The number of thiazole rings is 1. The third-order valence-electron chi connectivity index (χ3n) is 3.80. The monoisotopic (exact) mass is 329 g/mol. The normalized spacial score (nSPS) is 14.0. The first kappa shape index (κ1) is 15.7. The van der Waals surface area contributed by atoms with Crippen LogP contribution in [-0.2, 0) is 16.0 Å². The van der Waals surface area contributed by atoms with E-state index >= 15 is 0 Å². The molecule has 2 heterocycles. The van der Waals surface area contributed by atoms with Crippen LogP contribution in [0.1, 0.15) is 25.5 Å². The Morgan fingerprint density at radius 1 is 1.22 bits per heavy atom. The molecule has 1 aromatic heterocycles. The van der Waals surface area contributed by atoms with E-state index in [4.69, 9.17) is 0 Å². The van der Waals surface area contributed by atoms with Crippen LogP contribution in [0.2, 0.25) is 0 Å². The number of anilines is 1. The predicted molar refractivity (Wildman–Crippen MR) is 91.4 cm³/mol. The van der Waals surface area contributed by atoms with Gasteiger partial charge in [0.15, 0.2) is 0 Å². The molecule has 2 aromatic rings. The molecule has 1 fully saturated rings. The minimum absolute atomic E-state index is 0.0882. The lowest BCUT2D eigenvalue weighted by molar-refractivity contribution is -0.129. The molecule has 0 aliphatic carbocycles. The predicted octanol–water partition coefficient (Wildman–Crippen LogP) is 2.93. The molecule has 1 saturated heterocycles. The van der Waals surface area contributed by atoms with Crippen molar-refractivity contribution in [2.45, 2.75) is 26.2 Å². The van der Waals surface area contributed by atoms with Crippen LogP contribution >= 0.6 is 11.3 Å². The molecule has 3 rings (SSSR count). The molecule has 1 aromatic carbocycles. The fourth-order valence-electron chi connectivity index (χ4n) is 2.65. The second-order valence-corrected chi connectivity index (χ2v) is 6.53. The highest BCUT2D eigenvalue weighted by Gasteiger charge is 2.19. The van der Waals surface area contributed by atoms with Crippen LogP contribution in [0.5, 0.6) is 0 Å². The average Bonchev–Trinajstić information content (AvgIpc) is 3.18. The maximum Gasteiger partial charge on any atom is 0.228 e. The molecule has 120 valence electrons. The topological polar surface area (TPSA) is 62.3 Å². The number of rotatable bonds is 4. The lowest BCUT2D eigenvalue weighted by atomic mass is 10.2. The van der Waals surface area contributed by atoms with Gasteiger partial charge in [0, 0.05) is 36.6 Å². The summed E-state index contributed by atoms with van der Waals surface area (Å²) in [6.45, 7) is 3.24. The first-order valence-corrected chi connectivity index (χ1v) is 8.60. The highest BCUT2D eigenvalue weighted by Crippen LogP contribution is 2.25. The lowest BCUT2D eigenvalue weighted by Crippen LogP contribution is -2.29. The number of benzene rings is 1. The standard InChI is InChI=1S/C17H19N3O2S/c1-12(21)18-14-6-4-13(5-7-14)17-19-15(11-23-17)10-16(22)20-8-2-3-9-20/h4-7,11H,2-3,8-10H2,1H3,(H,18,21). The molecular formula is C17H19N3O2S. The third-order valence-corrected chi connectivity index (χ3v) is 4.74. The van der Waals surface area contributed by atoms with E-state index in [1.54, 1.807) is 0 Å². The van der Waals surface area contributed by atoms with Gasteiger partial charge in [-0.2, -0.15) is 0 Å². The first-order valence-electron chi connectivity index (χ1n) is 7.72. The molecule has 0 saturated carbocycles. The smallest absolute Gasteiger partial charge is 0.228 e. The summed E-state index contributed by atoms with van der Waals surface area (Å²) in [7, 11) is 0. The van der Waals surface area contributed by atoms with E-state index in [2.05, 4.69) is 10.3 Å². The van der Waals surface area contributed by atoms with Crippen molar-refractivity contribution in [2.75, 3.05) is 18.4 Å². The lowest BCUT2D eigenvalue weighted by Gasteiger charge is -2.13. The minimum Gasteiger partial charge on any atom is -0.342 e. The van der Waals surface area contributed by atoms with E-state index in [-0.39, 0.29) is 11.8 Å². The van der Waals surface area contributed by atoms with Gasteiger partial charge in [0.1, 0.15) is 5.01 Å². The molecule has 1 aliphatic heterocycles. The van der Waals surface area contributed by atoms with E-state index in [1.807, 2.05) is 34.5 Å². The van der Waals surface area contributed by atoms with Crippen LogP contribution in [0.4, 0.5) is 5.69 Å². The van der Waals surface area contributed by atoms with Gasteiger partial charge < -0.3 is 10.2 Å². The fourth-order valence-corrected chi connectivity index (χ4v) is 3.48. The van der Waals surface area contributed by atoms with Crippen LogP contribution in [0, 0.1) is 0 Å². The maximum absolute atomic E-state index is 12.2. The molecule has 1 aliphatic rings. The van der Waals surface area contributed by atoms with Crippen molar-refractivity contribution in [3.63, 3.8) is 0 Å². The van der Waals surface area contributed by atoms with Gasteiger partial charge in [0.25, 0.3) is 0 Å². The van der Waals surface area contributed by atoms with Crippen LogP contribution in [0.25, 0.3) is 10.6 Å². The Balaban J connectivity index is 1.66. The van der Waals surface area contributed by atoms with Crippen molar-refractivity contribution in [3.05, 3.63) is 35.3 Å². The van der Waals surface area contributed by atoms with Gasteiger partial charge in [0.05, 0.1) is 12.1 Å². The van der Waals surface area contributed by atoms with Gasteiger partial charge in [-0.3, -0.25) is 9.59 Å². The van der Waals surface area contributed by atoms with Gasteiger partial charge >= 0.3 is 0 Å². The summed E-state index contributed by atoms with van der Waals surface area (Å²) in [5.41, 5.74) is 2.58.